The van der Waals surface area contributed by atoms with Gasteiger partial charge in [-0.2, -0.15) is 0 Å². The van der Waals surface area contributed by atoms with E-state index in [1.54, 1.807) is 0 Å². The van der Waals surface area contributed by atoms with E-state index >= 15 is 0 Å². The largest absolute Gasteiger partial charge is 0.493 e. The van der Waals surface area contributed by atoms with Gasteiger partial charge in [-0.1, -0.05) is 6.07 Å². The highest BCUT2D eigenvalue weighted by Gasteiger charge is 2.22. The zero-order valence-electron chi connectivity index (χ0n) is 18.0. The number of carbonyl (C=O) groups is 1. The van der Waals surface area contributed by atoms with E-state index in [2.05, 4.69) is 24.3 Å². The van der Waals surface area contributed by atoms with Gasteiger partial charge in [0.1, 0.15) is 5.75 Å². The highest BCUT2D eigenvalue weighted by Crippen LogP contribution is 2.42. The lowest BCUT2D eigenvalue weighted by Gasteiger charge is -2.21. The Morgan fingerprint density at radius 3 is 2.87 bits per heavy atom. The molecule has 0 saturated heterocycles. The van der Waals surface area contributed by atoms with Gasteiger partial charge in [-0.05, 0) is 73.4 Å². The van der Waals surface area contributed by atoms with Gasteiger partial charge in [0.05, 0.1) is 30.7 Å². The molecule has 4 aromatic rings. The van der Waals surface area contributed by atoms with E-state index in [0.717, 1.165) is 61.9 Å². The molecular weight excluding hydrogens is 388 g/mol. The summed E-state index contributed by atoms with van der Waals surface area (Å²) in [7, 11) is 0. The number of ether oxygens (including phenoxy) is 2. The zero-order valence-corrected chi connectivity index (χ0v) is 18.0. The minimum atomic E-state index is -0.231. The molecule has 5 nitrogen and oxygen atoms in total. The van der Waals surface area contributed by atoms with Crippen molar-refractivity contribution >= 4 is 27.8 Å². The van der Waals surface area contributed by atoms with Gasteiger partial charge < -0.3 is 9.47 Å². The van der Waals surface area contributed by atoms with Crippen LogP contribution < -0.4 is 4.74 Å². The summed E-state index contributed by atoms with van der Waals surface area (Å²) < 4.78 is 11.2. The predicted octanol–water partition coefficient (Wildman–Crippen LogP) is 5.11. The van der Waals surface area contributed by atoms with Crippen molar-refractivity contribution in [1.29, 1.82) is 0 Å². The molecule has 5 rings (SSSR count). The lowest BCUT2D eigenvalue weighted by Crippen LogP contribution is -2.11. The molecule has 0 amide bonds. The molecule has 0 aliphatic carbocycles. The van der Waals surface area contributed by atoms with Crippen LogP contribution in [0, 0.1) is 13.8 Å². The summed E-state index contributed by atoms with van der Waals surface area (Å²) in [5.41, 5.74) is 7.97. The number of nitrogens with zero attached hydrogens (tertiary/aromatic N) is 2. The Hall–Kier alpha value is -3.47. The Kier molecular flexibility index (Phi) is 4.81. The molecule has 2 aromatic heterocycles. The second-order valence-corrected chi connectivity index (χ2v) is 7.95. The minimum absolute atomic E-state index is 0.207. The van der Waals surface area contributed by atoms with Crippen molar-refractivity contribution in [1.82, 2.24) is 9.97 Å². The maximum atomic E-state index is 12.5. The molecule has 31 heavy (non-hydrogen) atoms. The summed E-state index contributed by atoms with van der Waals surface area (Å²) in [6.07, 6.45) is 2.93. The van der Waals surface area contributed by atoms with E-state index in [0.29, 0.717) is 13.2 Å². The lowest BCUT2D eigenvalue weighted by atomic mass is 9.88. The van der Waals surface area contributed by atoms with Crippen LogP contribution in [0.4, 0.5) is 0 Å². The van der Waals surface area contributed by atoms with Gasteiger partial charge in [-0.15, -0.1) is 0 Å². The summed E-state index contributed by atoms with van der Waals surface area (Å²) in [6.45, 7) is 6.89. The van der Waals surface area contributed by atoms with Gasteiger partial charge in [-0.25, -0.2) is 0 Å². The van der Waals surface area contributed by atoms with Crippen molar-refractivity contribution in [2.45, 2.75) is 33.6 Å². The monoisotopic (exact) mass is 412 g/mol. The van der Waals surface area contributed by atoms with Gasteiger partial charge in [0, 0.05) is 34.6 Å². The van der Waals surface area contributed by atoms with Crippen molar-refractivity contribution < 1.29 is 14.3 Å². The molecule has 156 valence electrons. The fraction of sp³-hybridized carbons (Fsp3) is 0.269. The van der Waals surface area contributed by atoms with Crippen molar-refractivity contribution in [3.05, 3.63) is 65.0 Å². The first-order valence-corrected chi connectivity index (χ1v) is 10.7. The number of pyridine rings is 2. The highest BCUT2D eigenvalue weighted by molar-refractivity contribution is 6.07. The molecule has 1 aliphatic heterocycles. The molecule has 0 N–H and O–H groups in total. The van der Waals surface area contributed by atoms with E-state index in [1.165, 1.54) is 5.56 Å². The van der Waals surface area contributed by atoms with E-state index in [9.17, 15) is 4.79 Å². The van der Waals surface area contributed by atoms with Crippen molar-refractivity contribution in [3.63, 3.8) is 0 Å². The third-order valence-corrected chi connectivity index (χ3v) is 5.93. The molecule has 5 heteroatoms. The molecular formula is C26H24N2O3. The Morgan fingerprint density at radius 2 is 2.03 bits per heavy atom. The summed E-state index contributed by atoms with van der Waals surface area (Å²) in [5, 5.41) is 2.07. The molecule has 2 aromatic carbocycles. The number of aromatic nitrogens is 2. The molecule has 3 heterocycles. The van der Waals surface area contributed by atoms with E-state index in [4.69, 9.17) is 19.4 Å². The number of hydrogen-bond acceptors (Lipinski definition) is 5. The summed E-state index contributed by atoms with van der Waals surface area (Å²) in [6, 6.07) is 12.3. The fourth-order valence-corrected chi connectivity index (χ4v) is 4.55. The Bertz CT molecular complexity index is 1330. The lowest BCUT2D eigenvalue weighted by molar-refractivity contribution is -0.142. The maximum absolute atomic E-state index is 12.5. The van der Waals surface area contributed by atoms with Crippen LogP contribution in [-0.2, 0) is 22.4 Å². The van der Waals surface area contributed by atoms with E-state index < -0.39 is 0 Å². The van der Waals surface area contributed by atoms with Crippen LogP contribution in [0.5, 0.6) is 5.75 Å². The summed E-state index contributed by atoms with van der Waals surface area (Å²) in [4.78, 5) is 22.0. The van der Waals surface area contributed by atoms with Crippen LogP contribution >= 0.6 is 0 Å². The predicted molar refractivity (Wildman–Crippen MR) is 121 cm³/mol. The number of aryl methyl sites for hydroxylation is 2. The van der Waals surface area contributed by atoms with Crippen LogP contribution in [0.25, 0.3) is 32.9 Å². The topological polar surface area (TPSA) is 61.3 Å². The molecule has 0 radical (unpaired) electrons. The van der Waals surface area contributed by atoms with Gasteiger partial charge in [0.2, 0.25) is 0 Å². The van der Waals surface area contributed by atoms with Gasteiger partial charge >= 0.3 is 5.97 Å². The molecule has 0 spiro atoms. The molecule has 0 saturated carbocycles. The highest BCUT2D eigenvalue weighted by atomic mass is 16.5. The first kappa shape index (κ1) is 19.5. The van der Waals surface area contributed by atoms with Crippen LogP contribution in [-0.4, -0.2) is 29.2 Å². The van der Waals surface area contributed by atoms with Gasteiger partial charge in [-0.3, -0.25) is 14.8 Å². The summed E-state index contributed by atoms with van der Waals surface area (Å²) in [5.74, 6) is 0.635. The van der Waals surface area contributed by atoms with Crippen LogP contribution in [0.1, 0.15) is 29.3 Å². The zero-order chi connectivity index (χ0) is 21.5. The van der Waals surface area contributed by atoms with Crippen LogP contribution in [0.15, 0.2) is 42.6 Å². The Balaban J connectivity index is 1.86. The molecule has 1 aliphatic rings. The SMILES string of the molecule is CCOC(=O)Cc1c(C)cc2nc(C)ccc2c1-c1ccc2c3c(ccnc13)CCO2. The molecule has 0 fully saturated rings. The fourth-order valence-electron chi connectivity index (χ4n) is 4.55. The third kappa shape index (κ3) is 3.30. The normalized spacial score (nSPS) is 12.7. The van der Waals surface area contributed by atoms with Gasteiger partial charge in [0.15, 0.2) is 0 Å². The quantitative estimate of drug-likeness (QED) is 0.436. The molecule has 0 bridgehead atoms. The Morgan fingerprint density at radius 1 is 1.16 bits per heavy atom. The number of carbonyl (C=O) groups excluding carboxylic acids is 1. The standard InChI is InChI=1S/C26H24N2O3/c1-4-30-23(29)14-20-15(2)13-21-18(6-5-16(3)28-21)25(20)19-7-8-22-24-17(10-12-31-22)9-11-27-26(19)24/h5-9,11,13H,4,10,12,14H2,1-3H3. The first-order valence-electron chi connectivity index (χ1n) is 10.7. The van der Waals surface area contributed by atoms with Crippen molar-refractivity contribution in [3.8, 4) is 16.9 Å². The first-order chi connectivity index (χ1) is 15.1. The number of esters is 1. The van der Waals surface area contributed by atoms with Crippen LogP contribution in [0.2, 0.25) is 0 Å². The smallest absolute Gasteiger partial charge is 0.310 e. The second-order valence-electron chi connectivity index (χ2n) is 7.95. The maximum Gasteiger partial charge on any atom is 0.310 e. The third-order valence-electron chi connectivity index (χ3n) is 5.93. The number of fused-ring (bicyclic) bond motifs is 1. The molecule has 0 atom stereocenters. The number of rotatable bonds is 4. The second kappa shape index (κ2) is 7.65. The average Bonchev–Trinajstić information content (AvgIpc) is 2.76. The van der Waals surface area contributed by atoms with E-state index in [1.807, 2.05) is 39.1 Å². The Labute approximate surface area is 181 Å². The minimum Gasteiger partial charge on any atom is -0.493 e. The average molecular weight is 412 g/mol. The van der Waals surface area contributed by atoms with Gasteiger partial charge in [0.25, 0.3) is 0 Å². The summed E-state index contributed by atoms with van der Waals surface area (Å²) >= 11 is 0. The van der Waals surface area contributed by atoms with Crippen molar-refractivity contribution in [2.75, 3.05) is 13.2 Å². The van der Waals surface area contributed by atoms with Crippen LogP contribution in [0.3, 0.4) is 0 Å². The number of benzene rings is 2. The van der Waals surface area contributed by atoms with E-state index in [-0.39, 0.29) is 12.4 Å². The molecule has 0 unspecified atom stereocenters. The number of hydrogen-bond donors (Lipinski definition) is 0. The van der Waals surface area contributed by atoms with Crippen molar-refractivity contribution in [2.24, 2.45) is 0 Å².